The lowest BCUT2D eigenvalue weighted by molar-refractivity contribution is -0.131. The maximum Gasteiger partial charge on any atom is 0.225 e. The molecule has 1 amide bonds. The van der Waals surface area contributed by atoms with E-state index in [1.807, 2.05) is 35.5 Å². The van der Waals surface area contributed by atoms with E-state index in [-0.39, 0.29) is 5.91 Å². The summed E-state index contributed by atoms with van der Waals surface area (Å²) >= 11 is 0. The van der Waals surface area contributed by atoms with Crippen molar-refractivity contribution in [3.8, 4) is 11.1 Å². The first-order chi connectivity index (χ1) is 13.7. The van der Waals surface area contributed by atoms with E-state index in [1.165, 1.54) is 0 Å². The van der Waals surface area contributed by atoms with Gasteiger partial charge in [-0.3, -0.25) is 4.79 Å². The molecule has 2 N–H and O–H groups in total. The monoisotopic (exact) mass is 380 g/mol. The number of benzene rings is 1. The first-order valence-electron chi connectivity index (χ1n) is 9.44. The third kappa shape index (κ3) is 3.91. The Morgan fingerprint density at radius 3 is 2.93 bits per heavy atom. The number of fused-ring (bicyclic) bond motifs is 4. The highest BCUT2D eigenvalue weighted by atomic mass is 16.5. The molecule has 8 nitrogen and oxygen atoms in total. The third-order valence-electron chi connectivity index (χ3n) is 4.81. The average Bonchev–Trinajstić information content (AvgIpc) is 3.14. The van der Waals surface area contributed by atoms with Crippen molar-refractivity contribution in [3.05, 3.63) is 42.7 Å². The highest BCUT2D eigenvalue weighted by Gasteiger charge is 2.14. The van der Waals surface area contributed by atoms with Crippen LogP contribution in [0.3, 0.4) is 0 Å². The van der Waals surface area contributed by atoms with E-state index in [0.717, 1.165) is 28.3 Å². The Kier molecular flexibility index (Phi) is 5.38. The zero-order chi connectivity index (χ0) is 19.3. The number of anilines is 2. The molecule has 0 unspecified atom stereocenters. The summed E-state index contributed by atoms with van der Waals surface area (Å²) in [5.41, 5.74) is 3.84. The Hall–Kier alpha value is -3.13. The molecule has 3 heterocycles. The van der Waals surface area contributed by atoms with Gasteiger partial charge in [0, 0.05) is 50.7 Å². The second-order valence-electron chi connectivity index (χ2n) is 6.70. The fourth-order valence-corrected chi connectivity index (χ4v) is 3.33. The number of nitrogens with one attached hydrogen (secondary N) is 2. The van der Waals surface area contributed by atoms with Crippen molar-refractivity contribution < 1.29 is 9.53 Å². The van der Waals surface area contributed by atoms with Gasteiger partial charge in [-0.2, -0.15) is 5.10 Å². The van der Waals surface area contributed by atoms with Crippen LogP contribution >= 0.6 is 0 Å². The number of hydrogen-bond donors (Lipinski definition) is 2. The average molecular weight is 380 g/mol. The molecule has 0 radical (unpaired) electrons. The smallest absolute Gasteiger partial charge is 0.225 e. The van der Waals surface area contributed by atoms with E-state index in [1.54, 1.807) is 11.6 Å². The van der Waals surface area contributed by atoms with Gasteiger partial charge in [0.25, 0.3) is 0 Å². The van der Waals surface area contributed by atoms with Crippen LogP contribution in [0.2, 0.25) is 0 Å². The van der Waals surface area contributed by atoms with Crippen molar-refractivity contribution in [2.24, 2.45) is 0 Å². The molecule has 4 rings (SSSR count). The quantitative estimate of drug-likeness (QED) is 0.724. The molecule has 28 heavy (non-hydrogen) atoms. The summed E-state index contributed by atoms with van der Waals surface area (Å²) in [6, 6.07) is 10.1. The molecule has 3 aromatic rings. The van der Waals surface area contributed by atoms with E-state index in [2.05, 4.69) is 27.9 Å². The van der Waals surface area contributed by atoms with E-state index >= 15 is 0 Å². The van der Waals surface area contributed by atoms with Crippen molar-refractivity contribution in [3.63, 3.8) is 0 Å². The Morgan fingerprint density at radius 1 is 1.21 bits per heavy atom. The maximum absolute atomic E-state index is 12.5. The van der Waals surface area contributed by atoms with Crippen molar-refractivity contribution in [1.29, 1.82) is 0 Å². The number of carbonyl (C=O) groups is 1. The van der Waals surface area contributed by atoms with Crippen molar-refractivity contribution >= 4 is 23.1 Å². The molecule has 1 aromatic carbocycles. The predicted molar refractivity (Wildman–Crippen MR) is 108 cm³/mol. The van der Waals surface area contributed by atoms with Gasteiger partial charge in [-0.25, -0.2) is 9.50 Å². The molecule has 8 heteroatoms. The molecule has 0 saturated carbocycles. The topological polar surface area (TPSA) is 83.8 Å². The van der Waals surface area contributed by atoms with Crippen LogP contribution in [-0.4, -0.2) is 65.3 Å². The molecule has 146 valence electrons. The minimum Gasteiger partial charge on any atom is -0.384 e. The summed E-state index contributed by atoms with van der Waals surface area (Å²) in [6.45, 7) is 2.95. The number of amides is 1. The fourth-order valence-electron chi connectivity index (χ4n) is 3.33. The van der Waals surface area contributed by atoms with Crippen LogP contribution in [0.25, 0.3) is 16.8 Å². The minimum absolute atomic E-state index is 0.0905. The van der Waals surface area contributed by atoms with Gasteiger partial charge in [0.15, 0.2) is 5.65 Å². The normalized spacial score (nSPS) is 14.4. The summed E-state index contributed by atoms with van der Waals surface area (Å²) in [6.07, 6.45) is 4.12. The molecule has 0 fully saturated rings. The predicted octanol–water partition coefficient (Wildman–Crippen LogP) is 2.10. The molecule has 1 aliphatic heterocycles. The van der Waals surface area contributed by atoms with Gasteiger partial charge >= 0.3 is 0 Å². The summed E-state index contributed by atoms with van der Waals surface area (Å²) in [4.78, 5) is 19.1. The number of ether oxygens (including phenoxy) is 1. The lowest BCUT2D eigenvalue weighted by atomic mass is 10.1. The number of methoxy groups -OCH3 is 1. The lowest BCUT2D eigenvalue weighted by Crippen LogP contribution is -2.38. The summed E-state index contributed by atoms with van der Waals surface area (Å²) in [7, 11) is 1.61. The van der Waals surface area contributed by atoms with Gasteiger partial charge in [-0.15, -0.1) is 0 Å². The van der Waals surface area contributed by atoms with Crippen molar-refractivity contribution in [1.82, 2.24) is 19.5 Å². The molecule has 0 aliphatic carbocycles. The third-order valence-corrected chi connectivity index (χ3v) is 4.81. The van der Waals surface area contributed by atoms with Crippen LogP contribution in [-0.2, 0) is 9.53 Å². The van der Waals surface area contributed by atoms with Crippen LogP contribution in [0.4, 0.5) is 11.5 Å². The summed E-state index contributed by atoms with van der Waals surface area (Å²) < 4.78 is 6.82. The van der Waals surface area contributed by atoms with E-state index in [4.69, 9.17) is 9.72 Å². The van der Waals surface area contributed by atoms with Crippen LogP contribution < -0.4 is 10.6 Å². The first kappa shape index (κ1) is 18.2. The Morgan fingerprint density at radius 2 is 2.07 bits per heavy atom. The Bertz CT molecular complexity index is 970. The molecule has 2 aromatic heterocycles. The van der Waals surface area contributed by atoms with Gasteiger partial charge in [-0.05, 0) is 23.8 Å². The van der Waals surface area contributed by atoms with Crippen molar-refractivity contribution in [2.75, 3.05) is 50.5 Å². The molecule has 0 atom stereocenters. The van der Waals surface area contributed by atoms with E-state index in [9.17, 15) is 4.79 Å². The summed E-state index contributed by atoms with van der Waals surface area (Å²) in [5.74, 6) is 0.859. The van der Waals surface area contributed by atoms with Gasteiger partial charge in [-0.1, -0.05) is 12.1 Å². The van der Waals surface area contributed by atoms with Crippen LogP contribution in [0.15, 0.2) is 42.7 Å². The van der Waals surface area contributed by atoms with Crippen LogP contribution in [0, 0.1) is 0 Å². The molecule has 0 spiro atoms. The second kappa shape index (κ2) is 8.26. The standard InChI is InChI=1S/C20H24N6O2/c1-28-12-6-19(27)25-10-7-21-16-4-2-3-15(13-16)17-14-23-26-9-5-18(22-8-11-25)24-20(17)26/h2-5,9,13-14,21H,6-8,10-12H2,1H3,(H,22,24). The zero-order valence-electron chi connectivity index (χ0n) is 15.9. The van der Waals surface area contributed by atoms with Gasteiger partial charge < -0.3 is 20.3 Å². The van der Waals surface area contributed by atoms with Gasteiger partial charge in [0.2, 0.25) is 5.91 Å². The summed E-state index contributed by atoms with van der Waals surface area (Å²) in [5, 5.41) is 11.1. The first-order valence-corrected chi connectivity index (χ1v) is 9.44. The second-order valence-corrected chi connectivity index (χ2v) is 6.70. The minimum atomic E-state index is 0.0905. The lowest BCUT2D eigenvalue weighted by Gasteiger charge is -2.24. The van der Waals surface area contributed by atoms with Gasteiger partial charge in [0.05, 0.1) is 19.2 Å². The molecular formula is C20H24N6O2. The maximum atomic E-state index is 12.5. The van der Waals surface area contributed by atoms with Crippen molar-refractivity contribution in [2.45, 2.75) is 6.42 Å². The highest BCUT2D eigenvalue weighted by molar-refractivity contribution is 5.79. The molecule has 0 saturated heterocycles. The Labute approximate surface area is 163 Å². The highest BCUT2D eigenvalue weighted by Crippen LogP contribution is 2.26. The Balaban J connectivity index is 1.64. The zero-order valence-corrected chi connectivity index (χ0v) is 15.9. The van der Waals surface area contributed by atoms with E-state index < -0.39 is 0 Å². The van der Waals surface area contributed by atoms with Crippen LogP contribution in [0.5, 0.6) is 0 Å². The largest absolute Gasteiger partial charge is 0.384 e. The fraction of sp³-hybridized carbons (Fsp3) is 0.350. The molecule has 1 aliphatic rings. The van der Waals surface area contributed by atoms with Crippen LogP contribution in [0.1, 0.15) is 6.42 Å². The number of aromatic nitrogens is 3. The molecule has 4 bridgehead atoms. The number of nitrogens with zero attached hydrogens (tertiary/aromatic N) is 4. The van der Waals surface area contributed by atoms with E-state index in [0.29, 0.717) is 39.2 Å². The number of hydrogen-bond acceptors (Lipinski definition) is 6. The SMILES string of the molecule is COCCC(=O)N1CCNc2cccc(c2)-c2cnn3ccc(nc23)NCC1. The molecular weight excluding hydrogens is 356 g/mol. The number of rotatable bonds is 3. The number of carbonyl (C=O) groups excluding carboxylic acids is 1. The van der Waals surface area contributed by atoms with Gasteiger partial charge in [0.1, 0.15) is 5.82 Å².